The van der Waals surface area contributed by atoms with Gasteiger partial charge in [-0.15, -0.1) is 0 Å². The minimum absolute atomic E-state index is 0. The van der Waals surface area contributed by atoms with E-state index in [1.165, 1.54) is 0 Å². The predicted molar refractivity (Wildman–Crippen MR) is 72.9 cm³/mol. The van der Waals surface area contributed by atoms with Gasteiger partial charge in [-0.1, -0.05) is 49.0 Å². The Labute approximate surface area is 148 Å². The summed E-state index contributed by atoms with van der Waals surface area (Å²) in [4.78, 5) is 15.6. The summed E-state index contributed by atoms with van der Waals surface area (Å²) in [5.41, 5.74) is 0. The Morgan fingerprint density at radius 3 is 0.692 bits per heavy atom. The van der Waals surface area contributed by atoms with Crippen molar-refractivity contribution in [1.82, 2.24) is 0 Å². The van der Waals surface area contributed by atoms with E-state index < -0.39 is 11.5 Å². The summed E-state index contributed by atoms with van der Waals surface area (Å²) in [7, 11) is 0. The number of hydrogen-bond acceptors (Lipinski definition) is 2. The van der Waals surface area contributed by atoms with Crippen molar-refractivity contribution in [2.75, 3.05) is 0 Å². The zero-order chi connectivity index (χ0) is 9.00. The molecule has 0 bridgehead atoms. The Kier molecular flexibility index (Phi) is 33.1. The predicted octanol–water partition coefficient (Wildman–Crippen LogP) is 0.750. The van der Waals surface area contributed by atoms with Crippen molar-refractivity contribution >= 4 is 132 Å². The fraction of sp³-hybridized carbons (Fsp3) is 0. The summed E-state index contributed by atoms with van der Waals surface area (Å²) < 4.78 is 19.0. The van der Waals surface area contributed by atoms with Crippen LogP contribution in [0.3, 0.4) is 0 Å². The molecule has 13 heteroatoms. The van der Waals surface area contributed by atoms with Crippen molar-refractivity contribution in [2.24, 2.45) is 0 Å². The SMILES string of the molecule is O=P(O)(S)S.O=P(O)(S)S.[Te].[Te].[Te]. The van der Waals surface area contributed by atoms with Crippen LogP contribution >= 0.6 is 60.5 Å². The molecule has 4 nitrogen and oxygen atoms in total. The molecule has 0 atom stereocenters. The second-order valence-corrected chi connectivity index (χ2v) is 11.5. The molecule has 0 aliphatic rings. The summed E-state index contributed by atoms with van der Waals surface area (Å²) in [6.45, 7) is 0. The Bertz CT molecular complexity index is 138. The Morgan fingerprint density at radius 2 is 0.692 bits per heavy atom. The van der Waals surface area contributed by atoms with Gasteiger partial charge in [-0.25, -0.2) is 0 Å². The second-order valence-electron chi connectivity index (χ2n) is 1.03. The molecule has 0 aromatic heterocycles. The van der Waals surface area contributed by atoms with Crippen LogP contribution in [0, 0.1) is 0 Å². The largest absolute Gasteiger partial charge is 0.330 e. The molecule has 13 heavy (non-hydrogen) atoms. The van der Waals surface area contributed by atoms with Crippen LogP contribution in [-0.2, 0) is 9.13 Å². The zero-order valence-corrected chi connectivity index (χ0v) is 18.0. The first-order chi connectivity index (χ1) is 4.00. The van der Waals surface area contributed by atoms with Gasteiger partial charge in [0.25, 0.3) is 0 Å². The first kappa shape index (κ1) is 30.3. The monoisotopic (exact) mass is 650 g/mol. The van der Waals surface area contributed by atoms with Crippen LogP contribution in [0.15, 0.2) is 0 Å². The molecule has 2 N–H and O–H groups in total. The molecule has 0 fully saturated rings. The molecule has 6 radical (unpaired) electrons. The van der Waals surface area contributed by atoms with Gasteiger partial charge in [0.2, 0.25) is 0 Å². The third-order valence-electron chi connectivity index (χ3n) is 0. The van der Waals surface area contributed by atoms with Gasteiger partial charge in [-0.3, -0.25) is 9.13 Å². The van der Waals surface area contributed by atoms with Gasteiger partial charge in [0.1, 0.15) is 0 Å². The molecule has 0 heterocycles. The van der Waals surface area contributed by atoms with E-state index in [0.717, 1.165) is 0 Å². The number of rotatable bonds is 0. The average molecular weight is 643 g/mol. The van der Waals surface area contributed by atoms with Crippen LogP contribution in [-0.4, -0.2) is 80.8 Å². The molecule has 0 spiro atoms. The summed E-state index contributed by atoms with van der Waals surface area (Å²) in [6.07, 6.45) is 0. The van der Waals surface area contributed by atoms with E-state index in [-0.39, 0.29) is 71.0 Å². The topological polar surface area (TPSA) is 74.6 Å². The molecule has 0 amide bonds. The summed E-state index contributed by atoms with van der Waals surface area (Å²) in [5, 5.41) is 0. The summed E-state index contributed by atoms with van der Waals surface area (Å²) in [6, 6.07) is 0. The van der Waals surface area contributed by atoms with Gasteiger partial charge >= 0.3 is 11.5 Å². The minimum atomic E-state index is -3.25. The van der Waals surface area contributed by atoms with E-state index in [2.05, 4.69) is 49.0 Å². The van der Waals surface area contributed by atoms with Crippen LogP contribution in [0.5, 0.6) is 0 Å². The molecule has 0 saturated heterocycles. The Morgan fingerprint density at radius 1 is 0.692 bits per heavy atom. The molecule has 0 aliphatic heterocycles. The zero-order valence-electron chi connectivity index (χ0n) is 5.62. The second kappa shape index (κ2) is 14.2. The smallest absolute Gasteiger partial charge is 0.304 e. The number of thiol groups is 4. The van der Waals surface area contributed by atoms with Gasteiger partial charge in [-0.05, 0) is 0 Å². The Balaban J connectivity index is -0.0000000267. The first-order valence-corrected chi connectivity index (χ1v) is 9.50. The Hall–Kier alpha value is 4.15. The van der Waals surface area contributed by atoms with Crippen LogP contribution in [0.25, 0.3) is 0 Å². The molecule has 0 aromatic carbocycles. The van der Waals surface area contributed by atoms with Crippen LogP contribution in [0.1, 0.15) is 0 Å². The van der Waals surface area contributed by atoms with Crippen LogP contribution in [0.4, 0.5) is 0 Å². The van der Waals surface area contributed by atoms with E-state index in [1.54, 1.807) is 0 Å². The maximum Gasteiger partial charge on any atom is 0.304 e. The molecule has 0 aromatic rings. The average Bonchev–Trinajstić information content (AvgIpc) is 1.12. The van der Waals surface area contributed by atoms with Gasteiger partial charge < -0.3 is 9.79 Å². The fourth-order valence-electron chi connectivity index (χ4n) is 0. The molecule has 0 rings (SSSR count). The van der Waals surface area contributed by atoms with Gasteiger partial charge in [0.05, 0.1) is 0 Å². The van der Waals surface area contributed by atoms with E-state index >= 15 is 0 Å². The molecular formula is H6O4P2S4Te3. The van der Waals surface area contributed by atoms with Crippen molar-refractivity contribution in [3.63, 3.8) is 0 Å². The van der Waals surface area contributed by atoms with Crippen LogP contribution < -0.4 is 0 Å². The molecule has 0 unspecified atom stereocenters. The van der Waals surface area contributed by atoms with Crippen molar-refractivity contribution in [2.45, 2.75) is 0 Å². The fourth-order valence-corrected chi connectivity index (χ4v) is 0. The van der Waals surface area contributed by atoms with E-state index in [9.17, 15) is 9.13 Å². The molecule has 0 aliphatic carbocycles. The van der Waals surface area contributed by atoms with Gasteiger partial charge in [-0.2, -0.15) is 0 Å². The third kappa shape index (κ3) is 188. The van der Waals surface area contributed by atoms with Crippen LogP contribution in [0.2, 0.25) is 0 Å². The van der Waals surface area contributed by atoms with E-state index in [4.69, 9.17) is 9.79 Å². The van der Waals surface area contributed by atoms with Gasteiger partial charge in [0.15, 0.2) is 0 Å². The third-order valence-corrected chi connectivity index (χ3v) is 0. The molecule has 0 saturated carbocycles. The van der Waals surface area contributed by atoms with Crippen molar-refractivity contribution in [1.29, 1.82) is 0 Å². The molecular weight excluding hydrogens is 637 g/mol. The van der Waals surface area contributed by atoms with Gasteiger partial charge in [0, 0.05) is 71.0 Å². The van der Waals surface area contributed by atoms with E-state index in [1.807, 2.05) is 0 Å². The number of hydrogen-bond donors (Lipinski definition) is 6. The van der Waals surface area contributed by atoms with Crippen molar-refractivity contribution in [3.8, 4) is 0 Å². The normalized spacial score (nSPS) is 9.08. The summed E-state index contributed by atoms with van der Waals surface area (Å²) >= 11 is 12.4. The standard InChI is InChI=1S/2H3O2PS2.3Te/c2*1-3(2,4)5;;;/h2*(H3,1,2,4,5);;;. The quantitative estimate of drug-likeness (QED) is 0.134. The molecule has 82 valence electrons. The van der Waals surface area contributed by atoms with E-state index in [0.29, 0.717) is 0 Å². The minimum Gasteiger partial charge on any atom is -0.330 e. The van der Waals surface area contributed by atoms with Crippen molar-refractivity contribution < 1.29 is 18.9 Å². The maximum atomic E-state index is 9.50. The summed E-state index contributed by atoms with van der Waals surface area (Å²) in [5.74, 6) is -6.50. The van der Waals surface area contributed by atoms with Crippen molar-refractivity contribution in [3.05, 3.63) is 0 Å². The first-order valence-electron chi connectivity index (χ1n) is 1.57. The maximum absolute atomic E-state index is 9.50.